The van der Waals surface area contributed by atoms with Crippen LogP contribution in [0, 0.1) is 5.82 Å². The van der Waals surface area contributed by atoms with Crippen molar-refractivity contribution in [1.29, 1.82) is 0 Å². The van der Waals surface area contributed by atoms with Gasteiger partial charge in [-0.2, -0.15) is 0 Å². The van der Waals surface area contributed by atoms with Crippen molar-refractivity contribution < 1.29 is 23.8 Å². The van der Waals surface area contributed by atoms with Crippen LogP contribution in [-0.4, -0.2) is 29.1 Å². The van der Waals surface area contributed by atoms with E-state index in [1.807, 2.05) is 6.92 Å². The molecule has 6 heteroatoms. The largest absolute Gasteiger partial charge is 0.481 e. The quantitative estimate of drug-likeness (QED) is 0.802. The fraction of sp³-hybridized carbons (Fsp3) is 0.429. The van der Waals surface area contributed by atoms with E-state index in [9.17, 15) is 14.0 Å². The standard InChI is InChI=1S/C14H18FNO4/c1-3-8-14(2,13(18)19)16-12(17)9-20-11-7-5-4-6-10(11)15/h4-7H,3,8-9H2,1-2H3,(H,16,17)(H,18,19). The molecule has 0 aliphatic carbocycles. The van der Waals surface area contributed by atoms with Crippen LogP contribution in [0.1, 0.15) is 26.7 Å². The smallest absolute Gasteiger partial charge is 0.329 e. The maximum Gasteiger partial charge on any atom is 0.329 e. The summed E-state index contributed by atoms with van der Waals surface area (Å²) < 4.78 is 18.3. The molecular formula is C14H18FNO4. The first kappa shape index (κ1) is 15.9. The van der Waals surface area contributed by atoms with Gasteiger partial charge in [-0.15, -0.1) is 0 Å². The van der Waals surface area contributed by atoms with Crippen molar-refractivity contribution in [1.82, 2.24) is 5.32 Å². The van der Waals surface area contributed by atoms with Crippen molar-refractivity contribution in [2.24, 2.45) is 0 Å². The van der Waals surface area contributed by atoms with Gasteiger partial charge in [-0.25, -0.2) is 9.18 Å². The molecule has 0 radical (unpaired) electrons. The van der Waals surface area contributed by atoms with Crippen molar-refractivity contribution in [2.45, 2.75) is 32.2 Å². The van der Waals surface area contributed by atoms with E-state index in [1.165, 1.54) is 25.1 Å². The first-order chi connectivity index (χ1) is 9.39. The monoisotopic (exact) mass is 283 g/mol. The van der Waals surface area contributed by atoms with Crippen LogP contribution in [0.4, 0.5) is 4.39 Å². The average molecular weight is 283 g/mol. The second-order valence-electron chi connectivity index (χ2n) is 4.65. The van der Waals surface area contributed by atoms with Crippen molar-refractivity contribution >= 4 is 11.9 Å². The van der Waals surface area contributed by atoms with Crippen LogP contribution in [0.25, 0.3) is 0 Å². The lowest BCUT2D eigenvalue weighted by Gasteiger charge is -2.25. The molecule has 110 valence electrons. The molecule has 0 saturated heterocycles. The Morgan fingerprint density at radius 3 is 2.60 bits per heavy atom. The molecule has 1 amide bonds. The van der Waals surface area contributed by atoms with Gasteiger partial charge in [0.2, 0.25) is 0 Å². The number of nitrogens with one attached hydrogen (secondary N) is 1. The summed E-state index contributed by atoms with van der Waals surface area (Å²) in [4.78, 5) is 22.9. The predicted octanol–water partition coefficient (Wildman–Crippen LogP) is 1.96. The predicted molar refractivity (Wildman–Crippen MR) is 71.0 cm³/mol. The van der Waals surface area contributed by atoms with Gasteiger partial charge in [0.25, 0.3) is 5.91 Å². The van der Waals surface area contributed by atoms with Gasteiger partial charge in [-0.05, 0) is 25.5 Å². The van der Waals surface area contributed by atoms with E-state index in [0.29, 0.717) is 12.8 Å². The zero-order chi connectivity index (χ0) is 15.2. The van der Waals surface area contributed by atoms with E-state index in [1.54, 1.807) is 6.07 Å². The number of amides is 1. The Balaban J connectivity index is 2.59. The van der Waals surface area contributed by atoms with Crippen LogP contribution in [0.2, 0.25) is 0 Å². The highest BCUT2D eigenvalue weighted by Gasteiger charge is 2.33. The van der Waals surface area contributed by atoms with E-state index in [2.05, 4.69) is 5.32 Å². The molecule has 1 aromatic rings. The van der Waals surface area contributed by atoms with E-state index < -0.39 is 29.8 Å². The maximum atomic E-state index is 13.3. The number of carbonyl (C=O) groups is 2. The van der Waals surface area contributed by atoms with Crippen molar-refractivity contribution in [2.75, 3.05) is 6.61 Å². The van der Waals surface area contributed by atoms with Gasteiger partial charge in [0, 0.05) is 0 Å². The molecule has 5 nitrogen and oxygen atoms in total. The van der Waals surface area contributed by atoms with Gasteiger partial charge in [0.15, 0.2) is 18.2 Å². The number of ether oxygens (including phenoxy) is 1. The molecule has 20 heavy (non-hydrogen) atoms. The Bertz CT molecular complexity index is 492. The third kappa shape index (κ3) is 4.22. The van der Waals surface area contributed by atoms with Crippen molar-refractivity contribution in [3.05, 3.63) is 30.1 Å². The van der Waals surface area contributed by atoms with Gasteiger partial charge in [-0.1, -0.05) is 25.5 Å². The van der Waals surface area contributed by atoms with Gasteiger partial charge in [-0.3, -0.25) is 4.79 Å². The summed E-state index contributed by atoms with van der Waals surface area (Å²) in [5.41, 5.74) is -1.34. The SMILES string of the molecule is CCCC(C)(NC(=O)COc1ccccc1F)C(=O)O. The summed E-state index contributed by atoms with van der Waals surface area (Å²) in [6.45, 7) is 2.82. The fourth-order valence-corrected chi connectivity index (χ4v) is 1.77. The second-order valence-corrected chi connectivity index (χ2v) is 4.65. The van der Waals surface area contributed by atoms with E-state index >= 15 is 0 Å². The molecule has 1 aromatic carbocycles. The number of carboxylic acid groups (broad SMARTS) is 1. The molecule has 0 spiro atoms. The van der Waals surface area contributed by atoms with Gasteiger partial charge in [0.1, 0.15) is 5.54 Å². The number of hydrogen-bond donors (Lipinski definition) is 2. The molecule has 0 heterocycles. The average Bonchev–Trinajstić information content (AvgIpc) is 2.38. The summed E-state index contributed by atoms with van der Waals surface area (Å²) in [5, 5.41) is 11.5. The van der Waals surface area contributed by atoms with Crippen molar-refractivity contribution in [3.63, 3.8) is 0 Å². The molecule has 0 aliphatic rings. The summed E-state index contributed by atoms with van der Waals surface area (Å²) in [5.74, 6) is -2.34. The van der Waals surface area contributed by atoms with Gasteiger partial charge >= 0.3 is 5.97 Å². The summed E-state index contributed by atoms with van der Waals surface area (Å²) in [7, 11) is 0. The molecular weight excluding hydrogens is 265 g/mol. The zero-order valence-corrected chi connectivity index (χ0v) is 11.5. The summed E-state index contributed by atoms with van der Waals surface area (Å²) in [6, 6.07) is 5.69. The molecule has 0 aromatic heterocycles. The molecule has 1 unspecified atom stereocenters. The van der Waals surface area contributed by atoms with Crippen molar-refractivity contribution in [3.8, 4) is 5.75 Å². The highest BCUT2D eigenvalue weighted by molar-refractivity contribution is 5.87. The number of aliphatic carboxylic acids is 1. The third-order valence-electron chi connectivity index (χ3n) is 2.83. The van der Waals surface area contributed by atoms with Crippen LogP contribution < -0.4 is 10.1 Å². The van der Waals surface area contributed by atoms with E-state index in [4.69, 9.17) is 9.84 Å². The van der Waals surface area contributed by atoms with Gasteiger partial charge in [0.05, 0.1) is 0 Å². The summed E-state index contributed by atoms with van der Waals surface area (Å²) >= 11 is 0. The minimum absolute atomic E-state index is 0.0461. The molecule has 1 atom stereocenters. The Hall–Kier alpha value is -2.11. The lowest BCUT2D eigenvalue weighted by atomic mass is 9.96. The second kappa shape index (κ2) is 6.88. The number of halogens is 1. The van der Waals surface area contributed by atoms with Gasteiger partial charge < -0.3 is 15.2 Å². The molecule has 0 aliphatic heterocycles. The van der Waals surface area contributed by atoms with Crippen LogP contribution in [-0.2, 0) is 9.59 Å². The number of rotatable bonds is 7. The lowest BCUT2D eigenvalue weighted by Crippen LogP contribution is -2.53. The highest BCUT2D eigenvalue weighted by Crippen LogP contribution is 2.16. The maximum absolute atomic E-state index is 13.3. The Morgan fingerprint density at radius 2 is 2.05 bits per heavy atom. The third-order valence-corrected chi connectivity index (χ3v) is 2.83. The number of carbonyl (C=O) groups excluding carboxylic acids is 1. The van der Waals surface area contributed by atoms with Crippen LogP contribution in [0.15, 0.2) is 24.3 Å². The Labute approximate surface area is 116 Å². The zero-order valence-electron chi connectivity index (χ0n) is 11.5. The minimum Gasteiger partial charge on any atom is -0.481 e. The first-order valence-electron chi connectivity index (χ1n) is 6.31. The van der Waals surface area contributed by atoms with Crippen LogP contribution in [0.5, 0.6) is 5.75 Å². The van der Waals surface area contributed by atoms with E-state index in [0.717, 1.165) is 0 Å². The normalized spacial score (nSPS) is 13.3. The number of para-hydroxylation sites is 1. The number of benzene rings is 1. The summed E-state index contributed by atoms with van der Waals surface area (Å²) in [6.07, 6.45) is 0.908. The minimum atomic E-state index is -1.34. The molecule has 0 bridgehead atoms. The molecule has 2 N–H and O–H groups in total. The first-order valence-corrected chi connectivity index (χ1v) is 6.31. The van der Waals surface area contributed by atoms with Crippen LogP contribution in [0.3, 0.4) is 0 Å². The molecule has 0 saturated carbocycles. The number of carboxylic acids is 1. The fourth-order valence-electron chi connectivity index (χ4n) is 1.77. The molecule has 1 rings (SSSR count). The van der Waals surface area contributed by atoms with E-state index in [-0.39, 0.29) is 5.75 Å². The topological polar surface area (TPSA) is 75.6 Å². The Morgan fingerprint density at radius 1 is 1.40 bits per heavy atom. The number of hydrogen-bond acceptors (Lipinski definition) is 3. The van der Waals surface area contributed by atoms with Crippen LogP contribution >= 0.6 is 0 Å². The lowest BCUT2D eigenvalue weighted by molar-refractivity contribution is -0.147. The molecule has 0 fully saturated rings. The Kier molecular flexibility index (Phi) is 5.49. The highest BCUT2D eigenvalue weighted by atomic mass is 19.1.